The van der Waals surface area contributed by atoms with Crippen molar-refractivity contribution in [3.63, 3.8) is 0 Å². The van der Waals surface area contributed by atoms with Crippen LogP contribution in [-0.2, 0) is 10.0 Å². The van der Waals surface area contributed by atoms with Crippen LogP contribution in [-0.4, -0.2) is 27.5 Å². The molecule has 3 N–H and O–H groups in total. The molecule has 0 heterocycles. The lowest BCUT2D eigenvalue weighted by molar-refractivity contribution is 0.239. The SMILES string of the molecule is CN(C(=O)NC1CCCCC1)c1ccc(S(N)(=O)=O)cc1. The molecule has 2 amide bonds. The topological polar surface area (TPSA) is 92.5 Å². The maximum atomic E-state index is 12.2. The number of hydrogen-bond donors (Lipinski definition) is 2. The van der Waals surface area contributed by atoms with Gasteiger partial charge in [0, 0.05) is 18.8 Å². The number of carbonyl (C=O) groups excluding carboxylic acids is 1. The van der Waals surface area contributed by atoms with Gasteiger partial charge in [-0.1, -0.05) is 19.3 Å². The van der Waals surface area contributed by atoms with Crippen LogP contribution in [0.1, 0.15) is 32.1 Å². The molecule has 0 saturated heterocycles. The molecule has 0 spiro atoms. The highest BCUT2D eigenvalue weighted by Gasteiger charge is 2.19. The molecule has 1 aromatic carbocycles. The van der Waals surface area contributed by atoms with E-state index in [0.29, 0.717) is 5.69 Å². The molecule has 0 bridgehead atoms. The van der Waals surface area contributed by atoms with Gasteiger partial charge in [0.05, 0.1) is 4.90 Å². The minimum Gasteiger partial charge on any atom is -0.335 e. The number of anilines is 1. The van der Waals surface area contributed by atoms with Crippen molar-refractivity contribution in [1.82, 2.24) is 5.32 Å². The number of benzene rings is 1. The zero-order valence-corrected chi connectivity index (χ0v) is 12.9. The quantitative estimate of drug-likeness (QED) is 0.891. The lowest BCUT2D eigenvalue weighted by Crippen LogP contribution is -2.43. The Labute approximate surface area is 125 Å². The van der Waals surface area contributed by atoms with Crippen LogP contribution in [0.3, 0.4) is 0 Å². The van der Waals surface area contributed by atoms with E-state index in [-0.39, 0.29) is 17.0 Å². The maximum Gasteiger partial charge on any atom is 0.321 e. The third-order valence-corrected chi connectivity index (χ3v) is 4.72. The molecule has 6 nitrogen and oxygen atoms in total. The molecule has 1 aliphatic carbocycles. The number of carbonyl (C=O) groups is 1. The number of nitrogens with zero attached hydrogens (tertiary/aromatic N) is 1. The summed E-state index contributed by atoms with van der Waals surface area (Å²) in [5.41, 5.74) is 0.621. The average molecular weight is 311 g/mol. The van der Waals surface area contributed by atoms with Crippen molar-refractivity contribution in [3.05, 3.63) is 24.3 Å². The van der Waals surface area contributed by atoms with Crippen molar-refractivity contribution in [1.29, 1.82) is 0 Å². The Kier molecular flexibility index (Phi) is 4.84. The second-order valence-electron chi connectivity index (χ2n) is 5.38. The van der Waals surface area contributed by atoms with Crippen molar-refractivity contribution < 1.29 is 13.2 Å². The van der Waals surface area contributed by atoms with Crippen molar-refractivity contribution in [3.8, 4) is 0 Å². The summed E-state index contributed by atoms with van der Waals surface area (Å²) in [4.78, 5) is 13.7. The van der Waals surface area contributed by atoms with Crippen LogP contribution in [0.15, 0.2) is 29.2 Å². The van der Waals surface area contributed by atoms with Crippen LogP contribution in [0.25, 0.3) is 0 Å². The molecule has 1 aromatic rings. The summed E-state index contributed by atoms with van der Waals surface area (Å²) >= 11 is 0. The average Bonchev–Trinajstić information content (AvgIpc) is 2.46. The van der Waals surface area contributed by atoms with Gasteiger partial charge in [-0.2, -0.15) is 0 Å². The second-order valence-corrected chi connectivity index (χ2v) is 6.94. The Bertz CT molecular complexity index is 592. The van der Waals surface area contributed by atoms with Gasteiger partial charge >= 0.3 is 6.03 Å². The third kappa shape index (κ3) is 4.18. The minimum absolute atomic E-state index is 0.0346. The molecular formula is C14H21N3O3S. The zero-order chi connectivity index (χ0) is 15.5. The highest BCUT2D eigenvalue weighted by Crippen LogP contribution is 2.19. The summed E-state index contributed by atoms with van der Waals surface area (Å²) < 4.78 is 22.4. The molecular weight excluding hydrogens is 290 g/mol. The fraction of sp³-hybridized carbons (Fsp3) is 0.500. The Morgan fingerprint density at radius 1 is 1.19 bits per heavy atom. The van der Waals surface area contributed by atoms with Gasteiger partial charge < -0.3 is 5.32 Å². The van der Waals surface area contributed by atoms with Gasteiger partial charge in [0.2, 0.25) is 10.0 Å². The normalized spacial score (nSPS) is 16.5. The van der Waals surface area contributed by atoms with E-state index in [2.05, 4.69) is 5.32 Å². The fourth-order valence-electron chi connectivity index (χ4n) is 2.50. The van der Waals surface area contributed by atoms with Gasteiger partial charge in [0.25, 0.3) is 0 Å². The van der Waals surface area contributed by atoms with E-state index in [9.17, 15) is 13.2 Å². The predicted molar refractivity (Wildman–Crippen MR) is 81.6 cm³/mol. The maximum absolute atomic E-state index is 12.2. The number of sulfonamides is 1. The number of nitrogens with two attached hydrogens (primary N) is 1. The first-order valence-corrected chi connectivity index (χ1v) is 8.59. The Morgan fingerprint density at radius 2 is 1.76 bits per heavy atom. The molecule has 0 aliphatic heterocycles. The van der Waals surface area contributed by atoms with Crippen LogP contribution in [0.2, 0.25) is 0 Å². The molecule has 1 fully saturated rings. The van der Waals surface area contributed by atoms with Crippen molar-refractivity contribution >= 4 is 21.7 Å². The Balaban J connectivity index is 2.01. The summed E-state index contributed by atoms with van der Waals surface area (Å²) in [5.74, 6) is 0. The summed E-state index contributed by atoms with van der Waals surface area (Å²) in [6.07, 6.45) is 5.57. The molecule has 0 unspecified atom stereocenters. The van der Waals surface area contributed by atoms with E-state index in [0.717, 1.165) is 25.7 Å². The number of amides is 2. The molecule has 0 atom stereocenters. The molecule has 7 heteroatoms. The Morgan fingerprint density at radius 3 is 2.29 bits per heavy atom. The molecule has 0 radical (unpaired) electrons. The van der Waals surface area contributed by atoms with E-state index in [1.807, 2.05) is 0 Å². The molecule has 21 heavy (non-hydrogen) atoms. The molecule has 116 valence electrons. The van der Waals surface area contributed by atoms with E-state index in [4.69, 9.17) is 5.14 Å². The second kappa shape index (κ2) is 6.44. The van der Waals surface area contributed by atoms with Crippen LogP contribution >= 0.6 is 0 Å². The lowest BCUT2D eigenvalue weighted by Gasteiger charge is -2.26. The first-order valence-electron chi connectivity index (χ1n) is 7.05. The summed E-state index contributed by atoms with van der Waals surface area (Å²) in [7, 11) is -2.05. The highest BCUT2D eigenvalue weighted by molar-refractivity contribution is 7.89. The molecule has 1 aliphatic rings. The first kappa shape index (κ1) is 15.8. The smallest absolute Gasteiger partial charge is 0.321 e. The zero-order valence-electron chi connectivity index (χ0n) is 12.1. The van der Waals surface area contributed by atoms with Crippen LogP contribution in [0.4, 0.5) is 10.5 Å². The minimum atomic E-state index is -3.71. The number of rotatable bonds is 3. The third-order valence-electron chi connectivity index (χ3n) is 3.79. The molecule has 1 saturated carbocycles. The van der Waals surface area contributed by atoms with Crippen molar-refractivity contribution in [2.45, 2.75) is 43.0 Å². The van der Waals surface area contributed by atoms with Gasteiger partial charge in [-0.25, -0.2) is 18.4 Å². The predicted octanol–water partition coefficient (Wildman–Crippen LogP) is 1.81. The van der Waals surface area contributed by atoms with Crippen molar-refractivity contribution in [2.24, 2.45) is 5.14 Å². The number of hydrogen-bond acceptors (Lipinski definition) is 3. The van der Waals surface area contributed by atoms with E-state index in [1.165, 1.54) is 23.5 Å². The standard InChI is InChI=1S/C14H21N3O3S/c1-17(14(18)16-11-5-3-2-4-6-11)12-7-9-13(10-8-12)21(15,19)20/h7-11H,2-6H2,1H3,(H,16,18)(H2,15,19,20). The monoisotopic (exact) mass is 311 g/mol. The fourth-order valence-corrected chi connectivity index (χ4v) is 3.01. The first-order chi connectivity index (χ1) is 9.88. The number of primary sulfonamides is 1. The summed E-state index contributed by atoms with van der Waals surface area (Å²) in [6.45, 7) is 0. The molecule has 2 rings (SSSR count). The van der Waals surface area contributed by atoms with E-state index < -0.39 is 10.0 Å². The highest BCUT2D eigenvalue weighted by atomic mass is 32.2. The summed E-state index contributed by atoms with van der Waals surface area (Å²) in [6, 6.07) is 5.99. The van der Waals surface area contributed by atoms with E-state index in [1.54, 1.807) is 19.2 Å². The van der Waals surface area contributed by atoms with Gasteiger partial charge in [0.1, 0.15) is 0 Å². The lowest BCUT2D eigenvalue weighted by atomic mass is 9.96. The number of nitrogens with one attached hydrogen (secondary N) is 1. The van der Waals surface area contributed by atoms with Crippen LogP contribution in [0.5, 0.6) is 0 Å². The Hall–Kier alpha value is -1.60. The van der Waals surface area contributed by atoms with Crippen LogP contribution in [0, 0.1) is 0 Å². The van der Waals surface area contributed by atoms with Gasteiger partial charge in [-0.3, -0.25) is 4.90 Å². The van der Waals surface area contributed by atoms with Crippen LogP contribution < -0.4 is 15.4 Å². The number of urea groups is 1. The summed E-state index contributed by atoms with van der Waals surface area (Å²) in [5, 5.41) is 8.05. The van der Waals surface area contributed by atoms with Crippen molar-refractivity contribution in [2.75, 3.05) is 11.9 Å². The van der Waals surface area contributed by atoms with Gasteiger partial charge in [-0.15, -0.1) is 0 Å². The van der Waals surface area contributed by atoms with Gasteiger partial charge in [0.15, 0.2) is 0 Å². The molecule has 0 aromatic heterocycles. The van der Waals surface area contributed by atoms with Gasteiger partial charge in [-0.05, 0) is 37.1 Å². The largest absolute Gasteiger partial charge is 0.335 e. The van der Waals surface area contributed by atoms with E-state index >= 15 is 0 Å².